The van der Waals surface area contributed by atoms with Gasteiger partial charge in [-0.2, -0.15) is 0 Å². The van der Waals surface area contributed by atoms with Crippen molar-refractivity contribution in [2.24, 2.45) is 0 Å². The van der Waals surface area contributed by atoms with Crippen molar-refractivity contribution in [3.8, 4) is 5.75 Å². The van der Waals surface area contributed by atoms with Crippen LogP contribution in [0.1, 0.15) is 24.0 Å². The lowest BCUT2D eigenvalue weighted by molar-refractivity contribution is -0.275. The highest BCUT2D eigenvalue weighted by atomic mass is 19.4. The molecule has 0 heterocycles. The molecule has 27 heavy (non-hydrogen) atoms. The lowest BCUT2D eigenvalue weighted by Gasteiger charge is -2.20. The molecule has 1 atom stereocenters. The van der Waals surface area contributed by atoms with Crippen molar-refractivity contribution in [1.29, 1.82) is 0 Å². The summed E-state index contributed by atoms with van der Waals surface area (Å²) in [6, 6.07) is 12.1. The Balaban J connectivity index is 2.12. The third-order valence-corrected chi connectivity index (χ3v) is 3.90. The molecule has 0 amide bonds. The summed E-state index contributed by atoms with van der Waals surface area (Å²) in [5, 5.41) is 11.9. The maximum atomic E-state index is 14.0. The fourth-order valence-corrected chi connectivity index (χ4v) is 2.65. The van der Waals surface area contributed by atoms with Crippen LogP contribution < -0.4 is 10.1 Å². The monoisotopic (exact) mass is 385 g/mol. The molecule has 2 aromatic rings. The minimum Gasteiger partial charge on any atom is -0.481 e. The van der Waals surface area contributed by atoms with E-state index in [1.54, 1.807) is 0 Å². The highest BCUT2D eigenvalue weighted by Gasteiger charge is 2.32. The third kappa shape index (κ3) is 7.26. The van der Waals surface area contributed by atoms with Crippen LogP contribution >= 0.6 is 0 Å². The van der Waals surface area contributed by atoms with E-state index in [2.05, 4.69) is 10.1 Å². The van der Waals surface area contributed by atoms with Gasteiger partial charge in [0.15, 0.2) is 0 Å². The summed E-state index contributed by atoms with van der Waals surface area (Å²) >= 11 is 0. The summed E-state index contributed by atoms with van der Waals surface area (Å²) in [7, 11) is 0. The summed E-state index contributed by atoms with van der Waals surface area (Å²) in [5.41, 5.74) is 0.670. The van der Waals surface area contributed by atoms with Gasteiger partial charge < -0.3 is 15.2 Å². The Kier molecular flexibility index (Phi) is 7.18. The lowest BCUT2D eigenvalue weighted by Crippen LogP contribution is -2.32. The Bertz CT molecular complexity index is 750. The normalized spacial score (nSPS) is 12.6. The topological polar surface area (TPSA) is 58.6 Å². The van der Waals surface area contributed by atoms with Gasteiger partial charge in [0.25, 0.3) is 0 Å². The van der Waals surface area contributed by atoms with Gasteiger partial charge in [-0.1, -0.05) is 36.4 Å². The maximum absolute atomic E-state index is 14.0. The molecule has 0 bridgehead atoms. The number of aliphatic carboxylic acids is 1. The summed E-state index contributed by atoms with van der Waals surface area (Å²) in [6.45, 7) is -0.227. The van der Waals surface area contributed by atoms with Crippen molar-refractivity contribution in [1.82, 2.24) is 5.32 Å². The van der Waals surface area contributed by atoms with E-state index in [0.29, 0.717) is 6.42 Å². The minimum atomic E-state index is -4.94. The molecule has 0 aromatic heterocycles. The Morgan fingerprint density at radius 3 is 2.44 bits per heavy atom. The van der Waals surface area contributed by atoms with Crippen LogP contribution in [0.2, 0.25) is 0 Å². The second kappa shape index (κ2) is 9.36. The number of carboxylic acids is 1. The van der Waals surface area contributed by atoms with E-state index in [9.17, 15) is 22.4 Å². The van der Waals surface area contributed by atoms with Crippen molar-refractivity contribution < 1.29 is 32.2 Å². The predicted molar refractivity (Wildman–Crippen MR) is 90.7 cm³/mol. The lowest BCUT2D eigenvalue weighted by atomic mass is 10.0. The number of rotatable bonds is 9. The zero-order valence-corrected chi connectivity index (χ0v) is 14.3. The van der Waals surface area contributed by atoms with Crippen molar-refractivity contribution in [3.05, 3.63) is 65.5 Å². The van der Waals surface area contributed by atoms with Crippen molar-refractivity contribution in [3.63, 3.8) is 0 Å². The average Bonchev–Trinajstić information content (AvgIpc) is 2.58. The van der Waals surface area contributed by atoms with Gasteiger partial charge in [0.2, 0.25) is 0 Å². The zero-order chi connectivity index (χ0) is 19.9. The first kappa shape index (κ1) is 20.7. The molecule has 2 rings (SSSR count). The number of carbonyl (C=O) groups is 1. The maximum Gasteiger partial charge on any atom is 0.573 e. The number of hydrogen-bond donors (Lipinski definition) is 2. The van der Waals surface area contributed by atoms with E-state index in [0.717, 1.165) is 23.8 Å². The van der Waals surface area contributed by atoms with E-state index in [4.69, 9.17) is 5.11 Å². The van der Waals surface area contributed by atoms with Gasteiger partial charge in [-0.05, 0) is 30.5 Å². The molecule has 146 valence electrons. The third-order valence-electron chi connectivity index (χ3n) is 3.90. The molecule has 0 saturated heterocycles. The first-order valence-corrected chi connectivity index (χ1v) is 8.27. The molecule has 0 aliphatic carbocycles. The summed E-state index contributed by atoms with van der Waals surface area (Å²) in [5.74, 6) is -2.44. The van der Waals surface area contributed by atoms with E-state index >= 15 is 0 Å². The van der Waals surface area contributed by atoms with Gasteiger partial charge in [-0.15, -0.1) is 13.2 Å². The van der Waals surface area contributed by atoms with Crippen LogP contribution in [-0.4, -0.2) is 23.5 Å². The Morgan fingerprint density at radius 2 is 1.81 bits per heavy atom. The number of nitrogens with one attached hydrogen (secondary N) is 1. The SMILES string of the molecule is O=C(O)CCC(Cc1ccccc1)NCc1c(F)cccc1OC(F)(F)F. The summed E-state index contributed by atoms with van der Waals surface area (Å²) in [4.78, 5) is 10.9. The van der Waals surface area contributed by atoms with Crippen LogP contribution in [0.4, 0.5) is 17.6 Å². The first-order valence-electron chi connectivity index (χ1n) is 8.27. The summed E-state index contributed by atoms with van der Waals surface area (Å²) < 4.78 is 55.5. The van der Waals surface area contributed by atoms with Crippen LogP contribution in [-0.2, 0) is 17.8 Å². The van der Waals surface area contributed by atoms with E-state index in [1.165, 1.54) is 0 Å². The van der Waals surface area contributed by atoms with Gasteiger partial charge in [-0.3, -0.25) is 4.79 Å². The number of carboxylic acid groups (broad SMARTS) is 1. The van der Waals surface area contributed by atoms with Crippen molar-refractivity contribution in [2.75, 3.05) is 0 Å². The number of benzene rings is 2. The van der Waals surface area contributed by atoms with Crippen LogP contribution in [0.3, 0.4) is 0 Å². The quantitative estimate of drug-likeness (QED) is 0.633. The molecule has 2 N–H and O–H groups in total. The standard InChI is InChI=1S/C19H19F4NO3/c20-16-7-4-8-17(27-19(21,22)23)15(16)12-24-14(9-10-18(25)26)11-13-5-2-1-3-6-13/h1-8,14,24H,9-12H2,(H,25,26). The van der Waals surface area contributed by atoms with Crippen LogP contribution in [0.25, 0.3) is 0 Å². The Labute approximate surface area is 153 Å². The summed E-state index contributed by atoms with van der Waals surface area (Å²) in [6.07, 6.45) is -4.35. The molecule has 0 spiro atoms. The molecule has 0 radical (unpaired) electrons. The number of ether oxygens (including phenoxy) is 1. The molecular formula is C19H19F4NO3. The Morgan fingerprint density at radius 1 is 1.11 bits per heavy atom. The zero-order valence-electron chi connectivity index (χ0n) is 14.3. The predicted octanol–water partition coefficient (Wildman–Crippen LogP) is 4.29. The molecule has 1 unspecified atom stereocenters. The molecule has 0 saturated carbocycles. The smallest absolute Gasteiger partial charge is 0.481 e. The molecule has 4 nitrogen and oxygen atoms in total. The van der Waals surface area contributed by atoms with Gasteiger partial charge in [0.05, 0.1) is 0 Å². The second-order valence-electron chi connectivity index (χ2n) is 5.96. The van der Waals surface area contributed by atoms with Crippen molar-refractivity contribution in [2.45, 2.75) is 38.2 Å². The molecule has 0 fully saturated rings. The van der Waals surface area contributed by atoms with Crippen LogP contribution in [0, 0.1) is 5.82 Å². The number of hydrogen-bond acceptors (Lipinski definition) is 3. The largest absolute Gasteiger partial charge is 0.573 e. The number of halogens is 4. The van der Waals surface area contributed by atoms with E-state index in [-0.39, 0.29) is 31.0 Å². The molecule has 0 aliphatic rings. The van der Waals surface area contributed by atoms with E-state index in [1.807, 2.05) is 30.3 Å². The second-order valence-corrected chi connectivity index (χ2v) is 5.96. The molecule has 2 aromatic carbocycles. The fourth-order valence-electron chi connectivity index (χ4n) is 2.65. The minimum absolute atomic E-state index is 0.117. The van der Waals surface area contributed by atoms with Crippen LogP contribution in [0.5, 0.6) is 5.75 Å². The van der Waals surface area contributed by atoms with Crippen LogP contribution in [0.15, 0.2) is 48.5 Å². The van der Waals surface area contributed by atoms with Gasteiger partial charge in [0, 0.05) is 24.6 Å². The van der Waals surface area contributed by atoms with Gasteiger partial charge in [-0.25, -0.2) is 4.39 Å². The molecule has 0 aliphatic heterocycles. The first-order chi connectivity index (χ1) is 12.7. The molecular weight excluding hydrogens is 366 g/mol. The van der Waals surface area contributed by atoms with Gasteiger partial charge >= 0.3 is 12.3 Å². The van der Waals surface area contributed by atoms with E-state index < -0.39 is 23.9 Å². The highest BCUT2D eigenvalue weighted by molar-refractivity contribution is 5.66. The Hall–Kier alpha value is -2.61. The van der Waals surface area contributed by atoms with Gasteiger partial charge in [0.1, 0.15) is 11.6 Å². The number of alkyl halides is 3. The fraction of sp³-hybridized carbons (Fsp3) is 0.316. The molecule has 8 heteroatoms. The van der Waals surface area contributed by atoms with Crippen molar-refractivity contribution >= 4 is 5.97 Å². The highest BCUT2D eigenvalue weighted by Crippen LogP contribution is 2.28. The average molecular weight is 385 g/mol.